The van der Waals surface area contributed by atoms with Crippen molar-refractivity contribution < 1.29 is 36.7 Å². The van der Waals surface area contributed by atoms with Gasteiger partial charge in [0.05, 0.1) is 40.0 Å². The lowest BCUT2D eigenvalue weighted by molar-refractivity contribution is -0.137. The largest absolute Gasteiger partial charge is 0.416 e. The number of hydrogen-bond donors (Lipinski definition) is 2. The van der Waals surface area contributed by atoms with Crippen LogP contribution in [0.4, 0.5) is 23.7 Å². The van der Waals surface area contributed by atoms with Gasteiger partial charge < -0.3 is 9.80 Å². The maximum atomic E-state index is 14.5. The highest BCUT2D eigenvalue weighted by Crippen LogP contribution is 2.52. The number of benzene rings is 2. The zero-order valence-corrected chi connectivity index (χ0v) is 26.0. The van der Waals surface area contributed by atoms with Crippen molar-refractivity contribution in [3.8, 4) is 6.07 Å². The van der Waals surface area contributed by atoms with Crippen LogP contribution < -0.4 is 4.90 Å². The second kappa shape index (κ2) is 12.3. The molecule has 0 bridgehead atoms. The minimum atomic E-state index is -4.71. The monoisotopic (exact) mass is 656 g/mol. The van der Waals surface area contributed by atoms with Crippen LogP contribution in [0.3, 0.4) is 0 Å². The number of anilines is 1. The van der Waals surface area contributed by atoms with Gasteiger partial charge >= 0.3 is 12.2 Å². The molecule has 0 saturated heterocycles. The number of aromatic nitrogens is 2. The number of Topliss-reactive ketones (excluding diaryl/α,β-unsaturated/α-hetero) is 1. The number of aryl methyl sites for hydroxylation is 1. The number of likely N-dealkylation sites (N-methyl/N-ethyl adjacent to an activating group) is 1. The van der Waals surface area contributed by atoms with E-state index in [-0.39, 0.29) is 52.4 Å². The van der Waals surface area contributed by atoms with Crippen LogP contribution in [0.1, 0.15) is 47.6 Å². The zero-order chi connectivity index (χ0) is 33.6. The molecule has 3 amide bonds. The van der Waals surface area contributed by atoms with E-state index in [2.05, 4.69) is 5.10 Å². The molecule has 1 aromatic heterocycles. The maximum absolute atomic E-state index is 14.5. The smallest absolute Gasteiger partial charge is 0.340 e. The number of halogens is 3. The molecule has 2 aromatic carbocycles. The van der Waals surface area contributed by atoms with E-state index >= 15 is 0 Å². The van der Waals surface area contributed by atoms with Crippen molar-refractivity contribution in [2.75, 3.05) is 24.7 Å². The standard InChI is InChI=1S/C31H31F3N6O5S/c1-37(16-20-15-36-38(2)17-20)27(42)18-39-29(23-11-10-19(14-35)12-26(23)46(3,44)45)28-24(8-5-9-25(28)41)40(30(39)43)22-7-4-6-21(13-22)31(32,33)34/h4,6-7,10-13,15,17,29,44-45H,5,8-9,16,18H2,1-3H3. The molecule has 0 saturated carbocycles. The van der Waals surface area contributed by atoms with E-state index in [1.807, 2.05) is 6.07 Å². The van der Waals surface area contributed by atoms with Gasteiger partial charge in [-0.1, -0.05) is 12.1 Å². The van der Waals surface area contributed by atoms with Gasteiger partial charge in [-0.15, -0.1) is 0 Å². The number of amides is 3. The lowest BCUT2D eigenvalue weighted by Crippen LogP contribution is -2.54. The van der Waals surface area contributed by atoms with Crippen LogP contribution >= 0.6 is 10.6 Å². The molecule has 46 heavy (non-hydrogen) atoms. The minimum absolute atomic E-state index is 0.0561. The van der Waals surface area contributed by atoms with Crippen LogP contribution in [0.2, 0.25) is 0 Å². The van der Waals surface area contributed by atoms with Crippen molar-refractivity contribution in [2.24, 2.45) is 7.05 Å². The normalized spacial score (nSPS) is 17.6. The van der Waals surface area contributed by atoms with E-state index < -0.39 is 52.6 Å². The molecule has 5 rings (SSSR count). The number of nitriles is 1. The number of ketones is 1. The van der Waals surface area contributed by atoms with Gasteiger partial charge in [-0.25, -0.2) is 4.79 Å². The Morgan fingerprint density at radius 3 is 2.54 bits per heavy atom. The molecule has 0 radical (unpaired) electrons. The number of carbonyl (C=O) groups excluding carboxylic acids is 3. The van der Waals surface area contributed by atoms with E-state index in [0.717, 1.165) is 34.3 Å². The minimum Gasteiger partial charge on any atom is -0.340 e. The van der Waals surface area contributed by atoms with Crippen molar-refractivity contribution in [3.05, 3.63) is 88.4 Å². The molecule has 15 heteroatoms. The topological polar surface area (TPSA) is 143 Å². The first kappa shape index (κ1) is 32.7. The average molecular weight is 657 g/mol. The fourth-order valence-electron chi connectivity index (χ4n) is 5.82. The molecule has 1 atom stereocenters. The number of hydrogen-bond acceptors (Lipinski definition) is 7. The van der Waals surface area contributed by atoms with Gasteiger partial charge in [0.1, 0.15) is 6.54 Å². The molecular weight excluding hydrogens is 625 g/mol. The molecular formula is C31H31F3N6O5S. The molecule has 242 valence electrons. The second-order valence-electron chi connectivity index (χ2n) is 11.3. The van der Waals surface area contributed by atoms with Crippen molar-refractivity contribution in [1.29, 1.82) is 5.26 Å². The van der Waals surface area contributed by atoms with Crippen LogP contribution in [0, 0.1) is 11.3 Å². The molecule has 2 N–H and O–H groups in total. The number of carbonyl (C=O) groups is 3. The summed E-state index contributed by atoms with van der Waals surface area (Å²) in [6.45, 7) is -0.483. The third-order valence-electron chi connectivity index (χ3n) is 7.92. The summed E-state index contributed by atoms with van der Waals surface area (Å²) in [5.41, 5.74) is -0.00666. The Balaban J connectivity index is 1.71. The Hall–Kier alpha value is -4.65. The molecule has 1 aliphatic heterocycles. The first-order chi connectivity index (χ1) is 21.6. The molecule has 11 nitrogen and oxygen atoms in total. The zero-order valence-electron chi connectivity index (χ0n) is 25.2. The number of urea groups is 1. The summed E-state index contributed by atoms with van der Waals surface area (Å²) in [5.74, 6) is -0.961. The summed E-state index contributed by atoms with van der Waals surface area (Å²) in [4.78, 5) is 45.3. The first-order valence-corrected chi connectivity index (χ1v) is 16.1. The lowest BCUT2D eigenvalue weighted by atomic mass is 9.83. The van der Waals surface area contributed by atoms with Crippen molar-refractivity contribution in [3.63, 3.8) is 0 Å². The van der Waals surface area contributed by atoms with E-state index in [4.69, 9.17) is 0 Å². The number of alkyl halides is 3. The van der Waals surface area contributed by atoms with E-state index in [0.29, 0.717) is 12.0 Å². The Morgan fingerprint density at radius 2 is 1.91 bits per heavy atom. The number of rotatable bonds is 7. The highest BCUT2D eigenvalue weighted by atomic mass is 32.3. The van der Waals surface area contributed by atoms with Crippen molar-refractivity contribution in [1.82, 2.24) is 19.6 Å². The molecule has 1 aliphatic carbocycles. The van der Waals surface area contributed by atoms with Crippen LogP contribution in [0.15, 0.2) is 71.0 Å². The molecule has 3 aromatic rings. The van der Waals surface area contributed by atoms with Gasteiger partial charge in [-0.2, -0.15) is 34.1 Å². The third kappa shape index (κ3) is 6.37. The second-order valence-corrected chi connectivity index (χ2v) is 13.4. The average Bonchev–Trinajstić information content (AvgIpc) is 3.40. The van der Waals surface area contributed by atoms with Gasteiger partial charge in [0, 0.05) is 61.9 Å². The van der Waals surface area contributed by atoms with E-state index in [1.165, 1.54) is 36.2 Å². The molecule has 0 spiro atoms. The third-order valence-corrected chi connectivity index (χ3v) is 9.10. The summed E-state index contributed by atoms with van der Waals surface area (Å²) in [5, 5.41) is 13.6. The predicted molar refractivity (Wildman–Crippen MR) is 163 cm³/mol. The lowest BCUT2D eigenvalue weighted by Gasteiger charge is -2.46. The Bertz CT molecular complexity index is 1790. The van der Waals surface area contributed by atoms with Crippen LogP contribution in [-0.4, -0.2) is 66.3 Å². The summed E-state index contributed by atoms with van der Waals surface area (Å²) in [6, 6.07) is 7.99. The van der Waals surface area contributed by atoms with Crippen LogP contribution in [-0.2, 0) is 29.4 Å². The number of allylic oxidation sites excluding steroid dienone is 1. The van der Waals surface area contributed by atoms with Gasteiger partial charge in [0.25, 0.3) is 0 Å². The molecule has 0 fully saturated rings. The van der Waals surface area contributed by atoms with Crippen LogP contribution in [0.25, 0.3) is 0 Å². The number of nitrogens with zero attached hydrogens (tertiary/aromatic N) is 6. The predicted octanol–water partition coefficient (Wildman–Crippen LogP) is 5.70. The van der Waals surface area contributed by atoms with E-state index in [1.54, 1.807) is 24.1 Å². The highest BCUT2D eigenvalue weighted by molar-refractivity contribution is 8.23. The quantitative estimate of drug-likeness (QED) is 0.332. The molecule has 2 aliphatic rings. The van der Waals surface area contributed by atoms with Crippen molar-refractivity contribution >= 4 is 34.0 Å². The van der Waals surface area contributed by atoms with Gasteiger partial charge in [0.15, 0.2) is 5.78 Å². The van der Waals surface area contributed by atoms with E-state index in [9.17, 15) is 41.9 Å². The highest BCUT2D eigenvalue weighted by Gasteiger charge is 2.47. The van der Waals surface area contributed by atoms with Gasteiger partial charge in [0.2, 0.25) is 5.91 Å². The Morgan fingerprint density at radius 1 is 1.17 bits per heavy atom. The SMILES string of the molecule is CN(Cc1cnn(C)c1)C(=O)CN1C(=O)N(c2cccc(C(F)(F)F)c2)C2=C(C(=O)CCC2)C1c1ccc(C#N)cc1S(C)(O)O. The maximum Gasteiger partial charge on any atom is 0.416 e. The van der Waals surface area contributed by atoms with Gasteiger partial charge in [-0.05, 0) is 43.2 Å². The summed E-state index contributed by atoms with van der Waals surface area (Å²) >= 11 is 0. The molecule has 2 heterocycles. The summed E-state index contributed by atoms with van der Waals surface area (Å²) in [7, 11) is -0.326. The Labute approximate surface area is 264 Å². The summed E-state index contributed by atoms with van der Waals surface area (Å²) in [6.07, 6.45) is 0.258. The first-order valence-electron chi connectivity index (χ1n) is 14.1. The summed E-state index contributed by atoms with van der Waals surface area (Å²) < 4.78 is 64.5. The Kier molecular flexibility index (Phi) is 8.73. The van der Waals surface area contributed by atoms with Crippen molar-refractivity contribution in [2.45, 2.75) is 42.9 Å². The molecule has 1 unspecified atom stereocenters. The van der Waals surface area contributed by atoms with Gasteiger partial charge in [-0.3, -0.25) is 28.3 Å². The fraction of sp³-hybridized carbons (Fsp3) is 0.323. The van der Waals surface area contributed by atoms with Crippen LogP contribution in [0.5, 0.6) is 0 Å². The fourth-order valence-corrected chi connectivity index (χ4v) is 6.79.